The molecule has 2 amide bonds. The zero-order valence-corrected chi connectivity index (χ0v) is 18.4. The molecular weight excluding hydrogens is 413 g/mol. The Hall–Kier alpha value is -2.13. The lowest BCUT2D eigenvalue weighted by Gasteiger charge is -2.45. The molecule has 0 radical (unpaired) electrons. The summed E-state index contributed by atoms with van der Waals surface area (Å²) in [5.41, 5.74) is 0.148. The Bertz CT molecular complexity index is 734. The van der Waals surface area contributed by atoms with Crippen molar-refractivity contribution in [2.24, 2.45) is 0 Å². The minimum absolute atomic E-state index is 0.106. The molecule has 174 valence electrons. The number of amides is 2. The molecule has 1 saturated heterocycles. The van der Waals surface area contributed by atoms with Gasteiger partial charge in [0.05, 0.1) is 0 Å². The van der Waals surface area contributed by atoms with E-state index in [0.29, 0.717) is 25.9 Å². The van der Waals surface area contributed by atoms with E-state index in [1.807, 2.05) is 30.3 Å². The third-order valence-electron chi connectivity index (χ3n) is 6.00. The number of carbonyl (C=O) groups is 2. The van der Waals surface area contributed by atoms with Crippen molar-refractivity contribution in [2.75, 3.05) is 40.4 Å². The summed E-state index contributed by atoms with van der Waals surface area (Å²) < 4.78 is 50.0. The van der Waals surface area contributed by atoms with Crippen LogP contribution in [0.1, 0.15) is 32.3 Å². The van der Waals surface area contributed by atoms with Crippen LogP contribution in [0, 0.1) is 0 Å². The predicted molar refractivity (Wildman–Crippen MR) is 110 cm³/mol. The van der Waals surface area contributed by atoms with Gasteiger partial charge in [-0.3, -0.25) is 9.59 Å². The first-order valence-corrected chi connectivity index (χ1v) is 10.3. The van der Waals surface area contributed by atoms with Crippen molar-refractivity contribution in [3.05, 3.63) is 35.9 Å². The highest BCUT2D eigenvalue weighted by Crippen LogP contribution is 2.37. The second-order valence-corrected chi connectivity index (χ2v) is 8.04. The summed E-state index contributed by atoms with van der Waals surface area (Å²) >= 11 is 0. The first-order valence-electron chi connectivity index (χ1n) is 10.3. The lowest BCUT2D eigenvalue weighted by molar-refractivity contribution is -0.169. The number of likely N-dealkylation sites (tertiary alicyclic amines) is 1. The second kappa shape index (κ2) is 10.5. The maximum atomic E-state index is 13.3. The maximum Gasteiger partial charge on any atom is 0.406 e. The molecule has 1 fully saturated rings. The van der Waals surface area contributed by atoms with Crippen LogP contribution in [0.4, 0.5) is 13.2 Å². The van der Waals surface area contributed by atoms with Crippen molar-refractivity contribution < 1.29 is 32.2 Å². The molecule has 2 rings (SSSR count). The van der Waals surface area contributed by atoms with Crippen LogP contribution in [0.25, 0.3) is 0 Å². The Morgan fingerprint density at radius 3 is 2.10 bits per heavy atom. The van der Waals surface area contributed by atoms with Crippen LogP contribution >= 0.6 is 0 Å². The van der Waals surface area contributed by atoms with Gasteiger partial charge in [-0.1, -0.05) is 30.3 Å². The SMILES string of the molecule is CO[C@@H](C)C(=O)N1CCC(CN(CC(F)(F)F)C(=O)[C@H](C)OC)(c2ccccc2)CC1. The van der Waals surface area contributed by atoms with Crippen LogP contribution in [-0.2, 0) is 24.5 Å². The Morgan fingerprint density at radius 2 is 1.61 bits per heavy atom. The van der Waals surface area contributed by atoms with Crippen molar-refractivity contribution in [1.29, 1.82) is 0 Å². The number of nitrogens with zero attached hydrogens (tertiary/aromatic N) is 2. The van der Waals surface area contributed by atoms with E-state index >= 15 is 0 Å². The molecule has 0 bridgehead atoms. The van der Waals surface area contributed by atoms with Crippen LogP contribution in [0.5, 0.6) is 0 Å². The van der Waals surface area contributed by atoms with Gasteiger partial charge in [0.25, 0.3) is 11.8 Å². The quantitative estimate of drug-likeness (QED) is 0.619. The second-order valence-electron chi connectivity index (χ2n) is 8.04. The molecule has 1 heterocycles. The van der Waals surface area contributed by atoms with Gasteiger partial charge in [-0.25, -0.2) is 0 Å². The van der Waals surface area contributed by atoms with Gasteiger partial charge in [0, 0.05) is 39.3 Å². The summed E-state index contributed by atoms with van der Waals surface area (Å²) in [4.78, 5) is 27.7. The Morgan fingerprint density at radius 1 is 1.06 bits per heavy atom. The standard InChI is InChI=1S/C22H31F3N2O4/c1-16(30-3)19(28)26-12-10-21(11-13-26,18-8-6-5-7-9-18)14-27(15-22(23,24)25)20(29)17(2)31-4/h5-9,16-17H,10-15H2,1-4H3/t16-,17-/m0/s1. The zero-order chi connectivity index (χ0) is 23.2. The van der Waals surface area contributed by atoms with Gasteiger partial charge in [0.2, 0.25) is 0 Å². The molecule has 1 aliphatic heterocycles. The molecule has 1 aliphatic rings. The summed E-state index contributed by atoms with van der Waals surface area (Å²) in [6.07, 6.45) is -5.25. The number of carbonyl (C=O) groups excluding carboxylic acids is 2. The molecule has 9 heteroatoms. The number of hydrogen-bond donors (Lipinski definition) is 0. The van der Waals surface area contributed by atoms with Crippen LogP contribution < -0.4 is 0 Å². The number of piperidine rings is 1. The summed E-state index contributed by atoms with van der Waals surface area (Å²) in [5.74, 6) is -0.859. The van der Waals surface area contributed by atoms with E-state index in [0.717, 1.165) is 10.5 Å². The van der Waals surface area contributed by atoms with E-state index in [1.54, 1.807) is 11.8 Å². The van der Waals surface area contributed by atoms with Gasteiger partial charge in [-0.15, -0.1) is 0 Å². The molecule has 0 N–H and O–H groups in total. The third kappa shape index (κ3) is 6.43. The Kier molecular flexibility index (Phi) is 8.48. The van der Waals surface area contributed by atoms with Crippen LogP contribution in [-0.4, -0.2) is 80.4 Å². The van der Waals surface area contributed by atoms with Crippen LogP contribution in [0.2, 0.25) is 0 Å². The minimum atomic E-state index is -4.54. The molecule has 1 aromatic rings. The van der Waals surface area contributed by atoms with Gasteiger partial charge < -0.3 is 19.3 Å². The van der Waals surface area contributed by atoms with E-state index in [4.69, 9.17) is 9.47 Å². The number of hydrogen-bond acceptors (Lipinski definition) is 4. The fourth-order valence-corrected chi connectivity index (χ4v) is 3.99. The van der Waals surface area contributed by atoms with E-state index in [1.165, 1.54) is 21.1 Å². The van der Waals surface area contributed by atoms with Crippen molar-refractivity contribution in [3.8, 4) is 0 Å². The zero-order valence-electron chi connectivity index (χ0n) is 18.4. The fraction of sp³-hybridized carbons (Fsp3) is 0.636. The average molecular weight is 444 g/mol. The number of halogens is 3. The summed E-state index contributed by atoms with van der Waals surface area (Å²) in [5, 5.41) is 0. The monoisotopic (exact) mass is 444 g/mol. The number of benzene rings is 1. The van der Waals surface area contributed by atoms with E-state index in [9.17, 15) is 22.8 Å². The largest absolute Gasteiger partial charge is 0.406 e. The van der Waals surface area contributed by atoms with Gasteiger partial charge in [0.15, 0.2) is 0 Å². The fourth-order valence-electron chi connectivity index (χ4n) is 3.99. The summed E-state index contributed by atoms with van der Waals surface area (Å²) in [6, 6.07) is 9.23. The van der Waals surface area contributed by atoms with Gasteiger partial charge in [-0.2, -0.15) is 13.2 Å². The van der Waals surface area contributed by atoms with Crippen LogP contribution in [0.15, 0.2) is 30.3 Å². The maximum absolute atomic E-state index is 13.3. The normalized spacial score (nSPS) is 18.4. The number of rotatable bonds is 8. The lowest BCUT2D eigenvalue weighted by Crippen LogP contribution is -2.55. The first kappa shape index (κ1) is 25.1. The topological polar surface area (TPSA) is 59.1 Å². The van der Waals surface area contributed by atoms with Crippen molar-refractivity contribution >= 4 is 11.8 Å². The van der Waals surface area contributed by atoms with E-state index < -0.39 is 36.3 Å². The smallest absolute Gasteiger partial charge is 0.372 e. The average Bonchev–Trinajstić information content (AvgIpc) is 2.76. The van der Waals surface area contributed by atoms with Crippen LogP contribution in [0.3, 0.4) is 0 Å². The molecule has 0 aliphatic carbocycles. The number of alkyl halides is 3. The molecule has 0 saturated carbocycles. The summed E-state index contributed by atoms with van der Waals surface area (Å²) in [6.45, 7) is 2.39. The minimum Gasteiger partial charge on any atom is -0.372 e. The highest BCUT2D eigenvalue weighted by Gasteiger charge is 2.43. The number of methoxy groups -OCH3 is 2. The molecule has 0 aromatic heterocycles. The molecule has 0 spiro atoms. The van der Waals surface area contributed by atoms with Crippen molar-refractivity contribution in [2.45, 2.75) is 50.5 Å². The molecule has 1 aromatic carbocycles. The molecule has 0 unspecified atom stereocenters. The highest BCUT2D eigenvalue weighted by molar-refractivity contribution is 5.81. The lowest BCUT2D eigenvalue weighted by atomic mass is 9.72. The van der Waals surface area contributed by atoms with Gasteiger partial charge in [0.1, 0.15) is 18.8 Å². The summed E-state index contributed by atoms with van der Waals surface area (Å²) in [7, 11) is 2.75. The molecular formula is C22H31F3N2O4. The highest BCUT2D eigenvalue weighted by atomic mass is 19.4. The number of ether oxygens (including phenoxy) is 2. The Balaban J connectivity index is 2.33. The van der Waals surface area contributed by atoms with E-state index in [-0.39, 0.29) is 12.5 Å². The third-order valence-corrected chi connectivity index (χ3v) is 6.00. The van der Waals surface area contributed by atoms with Crippen molar-refractivity contribution in [3.63, 3.8) is 0 Å². The molecule has 2 atom stereocenters. The van der Waals surface area contributed by atoms with Gasteiger partial charge >= 0.3 is 6.18 Å². The first-order chi connectivity index (χ1) is 14.5. The van der Waals surface area contributed by atoms with Crippen molar-refractivity contribution in [1.82, 2.24) is 9.80 Å². The van der Waals surface area contributed by atoms with Gasteiger partial charge in [-0.05, 0) is 32.3 Å². The predicted octanol–water partition coefficient (Wildman–Crippen LogP) is 3.01. The molecule has 6 nitrogen and oxygen atoms in total. The molecule has 31 heavy (non-hydrogen) atoms. The van der Waals surface area contributed by atoms with E-state index in [2.05, 4.69) is 0 Å². The Labute approximate surface area is 181 Å².